The van der Waals surface area contributed by atoms with Gasteiger partial charge in [0.25, 0.3) is 0 Å². The minimum Gasteiger partial charge on any atom is -0.342 e. The highest BCUT2D eigenvalue weighted by molar-refractivity contribution is 5.88. The summed E-state index contributed by atoms with van der Waals surface area (Å²) in [6, 6.07) is 0. The number of carbonyl (C=O) groups is 2. The second-order valence-electron chi connectivity index (χ2n) is 9.32. The fourth-order valence-corrected chi connectivity index (χ4v) is 3.84. The van der Waals surface area contributed by atoms with Crippen molar-refractivity contribution in [2.45, 2.75) is 66.3 Å². The molecule has 4 nitrogen and oxygen atoms in total. The van der Waals surface area contributed by atoms with Crippen LogP contribution in [0.5, 0.6) is 0 Å². The molecule has 4 heteroatoms. The van der Waals surface area contributed by atoms with Crippen LogP contribution in [0.25, 0.3) is 0 Å². The van der Waals surface area contributed by atoms with Gasteiger partial charge >= 0.3 is 0 Å². The lowest BCUT2D eigenvalue weighted by Crippen LogP contribution is -2.48. The van der Waals surface area contributed by atoms with Crippen LogP contribution in [0.4, 0.5) is 0 Å². The molecule has 0 aliphatic carbocycles. The summed E-state index contributed by atoms with van der Waals surface area (Å²) >= 11 is 0. The van der Waals surface area contributed by atoms with Gasteiger partial charge in [0.15, 0.2) is 0 Å². The standard InChI is InChI=1S/C19H34N2O2/c1-18(2,3)16(22)15-7-10-20(13-15)17(23)14-8-11-21(12-9-14)19(4,5)6/h14-15H,7-13H2,1-6H3/t15-/m1/s1. The molecule has 0 spiro atoms. The molecule has 2 aliphatic rings. The van der Waals surface area contributed by atoms with Crippen LogP contribution in [-0.4, -0.2) is 53.2 Å². The largest absolute Gasteiger partial charge is 0.342 e. The zero-order valence-corrected chi connectivity index (χ0v) is 15.8. The van der Waals surface area contributed by atoms with E-state index in [1.165, 1.54) is 0 Å². The third-order valence-corrected chi connectivity index (χ3v) is 5.40. The van der Waals surface area contributed by atoms with E-state index in [-0.39, 0.29) is 28.7 Å². The number of carbonyl (C=O) groups excluding carboxylic acids is 2. The van der Waals surface area contributed by atoms with Crippen molar-refractivity contribution in [1.82, 2.24) is 9.80 Å². The van der Waals surface area contributed by atoms with E-state index >= 15 is 0 Å². The van der Waals surface area contributed by atoms with Crippen LogP contribution in [0.2, 0.25) is 0 Å². The van der Waals surface area contributed by atoms with Crippen LogP contribution in [0, 0.1) is 17.3 Å². The molecule has 2 aliphatic heterocycles. The minimum absolute atomic E-state index is 0.0358. The first-order chi connectivity index (χ1) is 10.5. The lowest BCUT2D eigenvalue weighted by atomic mass is 9.83. The molecular formula is C19H34N2O2. The second kappa shape index (κ2) is 6.54. The van der Waals surface area contributed by atoms with Gasteiger partial charge in [-0.15, -0.1) is 0 Å². The maximum atomic E-state index is 12.8. The molecule has 0 aromatic rings. The lowest BCUT2D eigenvalue weighted by Gasteiger charge is -2.41. The van der Waals surface area contributed by atoms with E-state index in [0.717, 1.165) is 38.9 Å². The van der Waals surface area contributed by atoms with Gasteiger partial charge < -0.3 is 4.90 Å². The Labute approximate surface area is 141 Å². The van der Waals surface area contributed by atoms with E-state index in [0.29, 0.717) is 12.3 Å². The molecule has 0 bridgehead atoms. The van der Waals surface area contributed by atoms with Crippen molar-refractivity contribution in [3.05, 3.63) is 0 Å². The first-order valence-corrected chi connectivity index (χ1v) is 9.08. The number of ketones is 1. The van der Waals surface area contributed by atoms with Crippen LogP contribution >= 0.6 is 0 Å². The van der Waals surface area contributed by atoms with Crippen molar-refractivity contribution < 1.29 is 9.59 Å². The van der Waals surface area contributed by atoms with E-state index in [1.54, 1.807) is 0 Å². The molecule has 0 radical (unpaired) electrons. The van der Waals surface area contributed by atoms with Gasteiger partial charge in [0.1, 0.15) is 5.78 Å². The smallest absolute Gasteiger partial charge is 0.225 e. The van der Waals surface area contributed by atoms with Gasteiger partial charge in [0, 0.05) is 35.9 Å². The topological polar surface area (TPSA) is 40.6 Å². The van der Waals surface area contributed by atoms with Crippen molar-refractivity contribution in [1.29, 1.82) is 0 Å². The van der Waals surface area contributed by atoms with Gasteiger partial charge in [-0.25, -0.2) is 0 Å². The second-order valence-corrected chi connectivity index (χ2v) is 9.32. The lowest BCUT2D eigenvalue weighted by molar-refractivity contribution is -0.137. The summed E-state index contributed by atoms with van der Waals surface area (Å²) < 4.78 is 0. The number of piperidine rings is 1. The molecule has 0 N–H and O–H groups in total. The quantitative estimate of drug-likeness (QED) is 0.785. The molecule has 1 amide bonds. The van der Waals surface area contributed by atoms with Crippen LogP contribution in [0.1, 0.15) is 60.8 Å². The molecule has 2 rings (SSSR count). The summed E-state index contributed by atoms with van der Waals surface area (Å²) in [5.41, 5.74) is -0.117. The molecule has 2 saturated heterocycles. The molecule has 0 aromatic heterocycles. The fraction of sp³-hybridized carbons (Fsp3) is 0.895. The van der Waals surface area contributed by atoms with Gasteiger partial charge in [-0.1, -0.05) is 20.8 Å². The Hall–Kier alpha value is -0.900. The number of hydrogen-bond acceptors (Lipinski definition) is 3. The highest BCUT2D eigenvalue weighted by Crippen LogP contribution is 2.30. The van der Waals surface area contributed by atoms with Crippen LogP contribution in [0.15, 0.2) is 0 Å². The van der Waals surface area contributed by atoms with Gasteiger partial charge in [-0.3, -0.25) is 14.5 Å². The van der Waals surface area contributed by atoms with Crippen LogP contribution in [-0.2, 0) is 9.59 Å². The highest BCUT2D eigenvalue weighted by Gasteiger charge is 2.39. The van der Waals surface area contributed by atoms with Crippen molar-refractivity contribution in [2.75, 3.05) is 26.2 Å². The molecule has 132 valence electrons. The molecule has 2 fully saturated rings. The maximum absolute atomic E-state index is 12.8. The zero-order valence-electron chi connectivity index (χ0n) is 15.8. The van der Waals surface area contributed by atoms with E-state index in [2.05, 4.69) is 25.7 Å². The first-order valence-electron chi connectivity index (χ1n) is 9.08. The third-order valence-electron chi connectivity index (χ3n) is 5.40. The number of Topliss-reactive ketones (excluding diaryl/α,β-unsaturated/α-hetero) is 1. The van der Waals surface area contributed by atoms with E-state index < -0.39 is 0 Å². The Balaban J connectivity index is 1.87. The number of hydrogen-bond donors (Lipinski definition) is 0. The molecule has 0 unspecified atom stereocenters. The van der Waals surface area contributed by atoms with E-state index in [1.807, 2.05) is 25.7 Å². The predicted octanol–water partition coefficient (Wildman–Crippen LogP) is 2.96. The average Bonchev–Trinajstić information content (AvgIpc) is 2.93. The normalized spacial score (nSPS) is 25.0. The fourth-order valence-electron chi connectivity index (χ4n) is 3.84. The Kier molecular flexibility index (Phi) is 5.24. The summed E-state index contributed by atoms with van der Waals surface area (Å²) in [5, 5.41) is 0. The summed E-state index contributed by atoms with van der Waals surface area (Å²) in [6.07, 6.45) is 2.73. The monoisotopic (exact) mass is 322 g/mol. The van der Waals surface area contributed by atoms with Gasteiger partial charge in [-0.2, -0.15) is 0 Å². The Morgan fingerprint density at radius 2 is 1.35 bits per heavy atom. The molecule has 1 atom stereocenters. The predicted molar refractivity (Wildman–Crippen MR) is 93.2 cm³/mol. The number of nitrogens with zero attached hydrogens (tertiary/aromatic N) is 2. The van der Waals surface area contributed by atoms with Gasteiger partial charge in [-0.05, 0) is 53.1 Å². The van der Waals surface area contributed by atoms with Crippen molar-refractivity contribution in [3.8, 4) is 0 Å². The molecule has 0 aromatic carbocycles. The van der Waals surface area contributed by atoms with E-state index in [9.17, 15) is 9.59 Å². The summed E-state index contributed by atoms with van der Waals surface area (Å²) in [7, 11) is 0. The zero-order chi connectivity index (χ0) is 17.4. The Bertz CT molecular complexity index is 451. The first kappa shape index (κ1) is 18.4. The third kappa shape index (κ3) is 4.34. The van der Waals surface area contributed by atoms with Crippen molar-refractivity contribution in [3.63, 3.8) is 0 Å². The Morgan fingerprint density at radius 1 is 0.826 bits per heavy atom. The number of amides is 1. The maximum Gasteiger partial charge on any atom is 0.225 e. The molecule has 2 heterocycles. The number of likely N-dealkylation sites (tertiary alicyclic amines) is 2. The summed E-state index contributed by atoms with van der Waals surface area (Å²) in [6.45, 7) is 16.0. The SMILES string of the molecule is CC(C)(C)C(=O)[C@@H]1CCN(C(=O)C2CCN(C(C)(C)C)CC2)C1. The van der Waals surface area contributed by atoms with Crippen molar-refractivity contribution in [2.24, 2.45) is 17.3 Å². The van der Waals surface area contributed by atoms with Crippen molar-refractivity contribution >= 4 is 11.7 Å². The van der Waals surface area contributed by atoms with Crippen LogP contribution in [0.3, 0.4) is 0 Å². The van der Waals surface area contributed by atoms with Crippen LogP contribution < -0.4 is 0 Å². The summed E-state index contributed by atoms with van der Waals surface area (Å²) in [5.74, 6) is 0.767. The van der Waals surface area contributed by atoms with Gasteiger partial charge in [0.05, 0.1) is 0 Å². The molecule has 23 heavy (non-hydrogen) atoms. The minimum atomic E-state index is -0.304. The molecular weight excluding hydrogens is 288 g/mol. The summed E-state index contributed by atoms with van der Waals surface area (Å²) in [4.78, 5) is 29.6. The highest BCUT2D eigenvalue weighted by atomic mass is 16.2. The molecule has 0 saturated carbocycles. The van der Waals surface area contributed by atoms with Gasteiger partial charge in [0.2, 0.25) is 5.91 Å². The van der Waals surface area contributed by atoms with E-state index in [4.69, 9.17) is 0 Å². The number of rotatable bonds is 2. The average molecular weight is 322 g/mol. The Morgan fingerprint density at radius 3 is 1.83 bits per heavy atom.